The lowest BCUT2D eigenvalue weighted by Crippen LogP contribution is -2.27. The summed E-state index contributed by atoms with van der Waals surface area (Å²) in [5, 5.41) is 8.78. The predicted octanol–water partition coefficient (Wildman–Crippen LogP) is 2.31. The molecule has 3 rings (SSSR count). The Hall–Kier alpha value is -0.900. The first-order chi connectivity index (χ1) is 9.36. The van der Waals surface area contributed by atoms with Gasteiger partial charge in [0.2, 0.25) is 0 Å². The minimum Gasteiger partial charge on any atom is -0.330 e. The van der Waals surface area contributed by atoms with Crippen LogP contribution in [0.2, 0.25) is 0 Å². The molecule has 4 nitrogen and oxygen atoms in total. The fraction of sp³-hybridized carbons (Fsp3) is 0.867. The van der Waals surface area contributed by atoms with Gasteiger partial charge in [-0.1, -0.05) is 32.1 Å². The maximum absolute atomic E-state index is 5.82. The lowest BCUT2D eigenvalue weighted by atomic mass is 9.86. The van der Waals surface area contributed by atoms with Gasteiger partial charge in [0.1, 0.15) is 11.6 Å². The van der Waals surface area contributed by atoms with Gasteiger partial charge >= 0.3 is 0 Å². The molecule has 1 unspecified atom stereocenters. The molecule has 0 aromatic carbocycles. The molecule has 19 heavy (non-hydrogen) atoms. The van der Waals surface area contributed by atoms with Crippen LogP contribution >= 0.6 is 0 Å². The maximum atomic E-state index is 5.82. The number of hydrogen-bond acceptors (Lipinski definition) is 3. The van der Waals surface area contributed by atoms with Gasteiger partial charge in [-0.05, 0) is 31.2 Å². The van der Waals surface area contributed by atoms with Crippen molar-refractivity contribution < 1.29 is 0 Å². The van der Waals surface area contributed by atoms with Gasteiger partial charge in [-0.25, -0.2) is 0 Å². The van der Waals surface area contributed by atoms with Crippen LogP contribution in [0.3, 0.4) is 0 Å². The monoisotopic (exact) mass is 262 g/mol. The van der Waals surface area contributed by atoms with Crippen LogP contribution in [0.25, 0.3) is 0 Å². The van der Waals surface area contributed by atoms with Gasteiger partial charge in [0.25, 0.3) is 0 Å². The van der Waals surface area contributed by atoms with Crippen molar-refractivity contribution in [3.8, 4) is 0 Å². The summed E-state index contributed by atoms with van der Waals surface area (Å²) in [6.07, 6.45) is 11.8. The highest BCUT2D eigenvalue weighted by atomic mass is 15.3. The van der Waals surface area contributed by atoms with E-state index in [1.54, 1.807) is 0 Å². The van der Waals surface area contributed by atoms with Crippen LogP contribution in [0.4, 0.5) is 0 Å². The third-order valence-electron chi connectivity index (χ3n) is 4.96. The number of fused-ring (bicyclic) bond motifs is 1. The second-order valence-electron chi connectivity index (χ2n) is 6.33. The number of aromatic nitrogens is 3. The van der Waals surface area contributed by atoms with E-state index < -0.39 is 0 Å². The molecule has 2 heterocycles. The summed E-state index contributed by atoms with van der Waals surface area (Å²) in [6, 6.07) is 0. The molecule has 2 aliphatic rings. The van der Waals surface area contributed by atoms with E-state index >= 15 is 0 Å². The largest absolute Gasteiger partial charge is 0.330 e. The van der Waals surface area contributed by atoms with Crippen LogP contribution in [0.1, 0.15) is 56.6 Å². The first-order valence-corrected chi connectivity index (χ1v) is 7.98. The molecule has 0 radical (unpaired) electrons. The average Bonchev–Trinajstić information content (AvgIpc) is 2.88. The Morgan fingerprint density at radius 1 is 1.05 bits per heavy atom. The standard InChI is InChI=1S/C15H26N4/c16-10-13-7-9-15-18-17-14(19(15)11-13)8-6-12-4-2-1-3-5-12/h12-13H,1-11,16H2. The molecule has 1 aliphatic heterocycles. The van der Waals surface area contributed by atoms with Gasteiger partial charge in [-0.15, -0.1) is 10.2 Å². The minimum absolute atomic E-state index is 0.622. The SMILES string of the molecule is NCC1CCc2nnc(CCC3CCCCC3)n2C1. The first-order valence-electron chi connectivity index (χ1n) is 7.98. The zero-order valence-corrected chi connectivity index (χ0v) is 11.9. The lowest BCUT2D eigenvalue weighted by Gasteiger charge is -2.24. The summed E-state index contributed by atoms with van der Waals surface area (Å²) in [5.41, 5.74) is 5.82. The van der Waals surface area contributed by atoms with E-state index in [1.165, 1.54) is 56.6 Å². The summed E-state index contributed by atoms with van der Waals surface area (Å²) in [5.74, 6) is 3.94. The Kier molecular flexibility index (Phi) is 4.16. The summed E-state index contributed by atoms with van der Waals surface area (Å²) >= 11 is 0. The number of nitrogens with zero attached hydrogens (tertiary/aromatic N) is 3. The van der Waals surface area contributed by atoms with Gasteiger partial charge in [-0.3, -0.25) is 0 Å². The van der Waals surface area contributed by atoms with Crippen molar-refractivity contribution in [3.63, 3.8) is 0 Å². The summed E-state index contributed by atoms with van der Waals surface area (Å²) in [4.78, 5) is 0. The maximum Gasteiger partial charge on any atom is 0.133 e. The molecule has 0 bridgehead atoms. The Morgan fingerprint density at radius 3 is 2.68 bits per heavy atom. The van der Waals surface area contributed by atoms with E-state index in [4.69, 9.17) is 5.73 Å². The lowest BCUT2D eigenvalue weighted by molar-refractivity contribution is 0.329. The quantitative estimate of drug-likeness (QED) is 0.906. The molecule has 1 atom stereocenters. The van der Waals surface area contributed by atoms with Crippen molar-refractivity contribution in [2.45, 2.75) is 64.3 Å². The molecule has 1 aromatic heterocycles. The second kappa shape index (κ2) is 6.04. The smallest absolute Gasteiger partial charge is 0.133 e. The number of rotatable bonds is 4. The van der Waals surface area contributed by atoms with Crippen molar-refractivity contribution in [2.75, 3.05) is 6.54 Å². The average molecular weight is 262 g/mol. The van der Waals surface area contributed by atoms with Gasteiger partial charge in [0.05, 0.1) is 0 Å². The van der Waals surface area contributed by atoms with Gasteiger partial charge in [-0.2, -0.15) is 0 Å². The number of hydrogen-bond donors (Lipinski definition) is 1. The fourth-order valence-electron chi connectivity index (χ4n) is 3.64. The predicted molar refractivity (Wildman–Crippen MR) is 75.8 cm³/mol. The Bertz CT molecular complexity index is 406. The highest BCUT2D eigenvalue weighted by Crippen LogP contribution is 2.28. The third-order valence-corrected chi connectivity index (χ3v) is 4.96. The van der Waals surface area contributed by atoms with Gasteiger partial charge in [0, 0.05) is 19.4 Å². The van der Waals surface area contributed by atoms with Crippen molar-refractivity contribution >= 4 is 0 Å². The van der Waals surface area contributed by atoms with E-state index in [1.807, 2.05) is 0 Å². The van der Waals surface area contributed by atoms with Crippen LogP contribution < -0.4 is 5.73 Å². The van der Waals surface area contributed by atoms with Gasteiger partial charge < -0.3 is 10.3 Å². The molecule has 4 heteroatoms. The molecule has 1 aromatic rings. The van der Waals surface area contributed by atoms with E-state index in [2.05, 4.69) is 14.8 Å². The molecule has 1 fully saturated rings. The first kappa shape index (κ1) is 13.1. The van der Waals surface area contributed by atoms with Crippen LogP contribution in [0.5, 0.6) is 0 Å². The normalized spacial score (nSPS) is 24.4. The summed E-state index contributed by atoms with van der Waals surface area (Å²) < 4.78 is 2.35. The van der Waals surface area contributed by atoms with E-state index in [0.29, 0.717) is 5.92 Å². The van der Waals surface area contributed by atoms with E-state index in [9.17, 15) is 0 Å². The summed E-state index contributed by atoms with van der Waals surface area (Å²) in [6.45, 7) is 1.83. The summed E-state index contributed by atoms with van der Waals surface area (Å²) in [7, 11) is 0. The minimum atomic E-state index is 0.622. The number of nitrogens with two attached hydrogens (primary N) is 1. The molecule has 0 saturated heterocycles. The molecule has 0 spiro atoms. The molecular weight excluding hydrogens is 236 g/mol. The molecule has 2 N–H and O–H groups in total. The van der Waals surface area contributed by atoms with Crippen LogP contribution in [-0.2, 0) is 19.4 Å². The van der Waals surface area contributed by atoms with Crippen LogP contribution in [0.15, 0.2) is 0 Å². The van der Waals surface area contributed by atoms with Crippen molar-refractivity contribution in [2.24, 2.45) is 17.6 Å². The molecule has 0 amide bonds. The van der Waals surface area contributed by atoms with Gasteiger partial charge in [0.15, 0.2) is 0 Å². The highest BCUT2D eigenvalue weighted by Gasteiger charge is 2.22. The van der Waals surface area contributed by atoms with Crippen LogP contribution in [0, 0.1) is 11.8 Å². The topological polar surface area (TPSA) is 56.7 Å². The molecule has 1 saturated carbocycles. The van der Waals surface area contributed by atoms with E-state index in [0.717, 1.165) is 31.8 Å². The Balaban J connectivity index is 1.60. The zero-order valence-electron chi connectivity index (χ0n) is 11.9. The molecule has 106 valence electrons. The zero-order chi connectivity index (χ0) is 13.1. The Morgan fingerprint density at radius 2 is 1.89 bits per heavy atom. The molecular formula is C15H26N4. The highest BCUT2D eigenvalue weighted by molar-refractivity contribution is 5.00. The van der Waals surface area contributed by atoms with Crippen molar-refractivity contribution in [1.82, 2.24) is 14.8 Å². The number of aryl methyl sites for hydroxylation is 2. The van der Waals surface area contributed by atoms with E-state index in [-0.39, 0.29) is 0 Å². The Labute approximate surface area is 115 Å². The van der Waals surface area contributed by atoms with Crippen molar-refractivity contribution in [3.05, 3.63) is 11.6 Å². The van der Waals surface area contributed by atoms with Crippen LogP contribution in [-0.4, -0.2) is 21.3 Å². The van der Waals surface area contributed by atoms with Crippen molar-refractivity contribution in [1.29, 1.82) is 0 Å². The second-order valence-corrected chi connectivity index (χ2v) is 6.33. The molecule has 1 aliphatic carbocycles. The third kappa shape index (κ3) is 2.99. The fourth-order valence-corrected chi connectivity index (χ4v) is 3.64.